The van der Waals surface area contributed by atoms with Crippen LogP contribution in [0.15, 0.2) is 66.7 Å². The van der Waals surface area contributed by atoms with E-state index in [0.717, 1.165) is 42.9 Å². The summed E-state index contributed by atoms with van der Waals surface area (Å²) in [7, 11) is 0. The molecule has 1 saturated heterocycles. The van der Waals surface area contributed by atoms with Gasteiger partial charge in [0.05, 0.1) is 12.2 Å². The largest absolute Gasteiger partial charge is 0.508 e. The van der Waals surface area contributed by atoms with Crippen molar-refractivity contribution in [2.45, 2.75) is 19.2 Å². The van der Waals surface area contributed by atoms with E-state index in [9.17, 15) is 22.7 Å². The third kappa shape index (κ3) is 5.30. The molecule has 8 heteroatoms. The average molecular weight is 514 g/mol. The van der Waals surface area contributed by atoms with E-state index >= 15 is 0 Å². The van der Waals surface area contributed by atoms with Crippen LogP contribution in [0, 0.1) is 5.92 Å². The van der Waals surface area contributed by atoms with Gasteiger partial charge in [-0.3, -0.25) is 9.29 Å². The van der Waals surface area contributed by atoms with Crippen molar-refractivity contribution in [3.63, 3.8) is 0 Å². The fourth-order valence-corrected chi connectivity index (χ4v) is 4.90. The fraction of sp³-hybridized carbons (Fsp3) is 0.310. The van der Waals surface area contributed by atoms with Crippen LogP contribution in [0.4, 0.5) is 17.6 Å². The van der Waals surface area contributed by atoms with Crippen molar-refractivity contribution in [3.8, 4) is 17.2 Å². The molecular formula is C29H27F4NO3. The predicted octanol–water partition coefficient (Wildman–Crippen LogP) is 6.76. The van der Waals surface area contributed by atoms with E-state index in [4.69, 9.17) is 9.47 Å². The molecule has 1 atom stereocenters. The maximum atomic E-state index is 13.5. The van der Waals surface area contributed by atoms with Crippen LogP contribution in [0.1, 0.15) is 35.3 Å². The second-order valence-corrected chi connectivity index (χ2v) is 9.49. The number of benzene rings is 3. The summed E-state index contributed by atoms with van der Waals surface area (Å²) in [6.45, 7) is 4.23. The second-order valence-electron chi connectivity index (χ2n) is 9.49. The minimum absolute atomic E-state index is 0.0449. The first-order valence-electron chi connectivity index (χ1n) is 12.1. The van der Waals surface area contributed by atoms with E-state index in [0.29, 0.717) is 34.8 Å². The standard InChI is InChI=1S/C29H27F4NO3/c1-18-25-14-23(35)7-10-26(25)37-28(27(18)21-3-2-4-22(13-21)29(31,32)33)20-5-8-24(9-6-20)36-12-11-34-16-19(15-30)17-34/h2-10,13-14,19,28,35H,11-12,15-17H2,1H3/t28-/m0/s1. The van der Waals surface area contributed by atoms with E-state index < -0.39 is 17.8 Å². The molecule has 0 saturated carbocycles. The highest BCUT2D eigenvalue weighted by molar-refractivity contribution is 5.95. The Kier molecular flexibility index (Phi) is 6.86. The molecule has 0 radical (unpaired) electrons. The van der Waals surface area contributed by atoms with Crippen molar-refractivity contribution in [2.24, 2.45) is 5.92 Å². The molecule has 0 aliphatic carbocycles. The molecular weight excluding hydrogens is 486 g/mol. The van der Waals surface area contributed by atoms with Gasteiger partial charge in [0.25, 0.3) is 0 Å². The highest BCUT2D eigenvalue weighted by atomic mass is 19.4. The zero-order chi connectivity index (χ0) is 26.2. The second kappa shape index (κ2) is 10.1. The molecule has 1 fully saturated rings. The zero-order valence-electron chi connectivity index (χ0n) is 20.3. The Hall–Kier alpha value is -3.52. The number of fused-ring (bicyclic) bond motifs is 1. The molecule has 0 spiro atoms. The van der Waals surface area contributed by atoms with Gasteiger partial charge in [-0.25, -0.2) is 0 Å². The van der Waals surface area contributed by atoms with Gasteiger partial charge < -0.3 is 14.6 Å². The number of phenolic OH excluding ortho intramolecular Hbond substituents is 1. The van der Waals surface area contributed by atoms with Crippen LogP contribution in [0.25, 0.3) is 11.1 Å². The van der Waals surface area contributed by atoms with Gasteiger partial charge in [0, 0.05) is 36.7 Å². The molecule has 37 heavy (non-hydrogen) atoms. The van der Waals surface area contributed by atoms with Gasteiger partial charge in [0.1, 0.15) is 30.0 Å². The Morgan fingerprint density at radius 3 is 2.49 bits per heavy atom. The zero-order valence-corrected chi connectivity index (χ0v) is 20.3. The summed E-state index contributed by atoms with van der Waals surface area (Å²) in [6.07, 6.45) is -5.14. The number of hydrogen-bond acceptors (Lipinski definition) is 4. The van der Waals surface area contributed by atoms with Crippen molar-refractivity contribution in [2.75, 3.05) is 32.9 Å². The third-order valence-electron chi connectivity index (χ3n) is 6.89. The van der Waals surface area contributed by atoms with Crippen LogP contribution in [0.3, 0.4) is 0 Å². The summed E-state index contributed by atoms with van der Waals surface area (Å²) in [5, 5.41) is 10.0. The summed E-state index contributed by atoms with van der Waals surface area (Å²) in [5.74, 6) is 1.38. The third-order valence-corrected chi connectivity index (χ3v) is 6.89. The molecule has 3 aromatic rings. The lowest BCUT2D eigenvalue weighted by Crippen LogP contribution is -2.49. The minimum atomic E-state index is -4.48. The van der Waals surface area contributed by atoms with Crippen LogP contribution >= 0.6 is 0 Å². The maximum absolute atomic E-state index is 13.5. The number of likely N-dealkylation sites (tertiary alicyclic amines) is 1. The molecule has 0 amide bonds. The number of allylic oxidation sites excluding steroid dienone is 1. The molecule has 0 unspecified atom stereocenters. The lowest BCUT2D eigenvalue weighted by Gasteiger charge is -2.37. The number of halogens is 4. The Morgan fingerprint density at radius 1 is 1.03 bits per heavy atom. The Bertz CT molecular complexity index is 1300. The molecule has 194 valence electrons. The van der Waals surface area contributed by atoms with Gasteiger partial charge in [-0.1, -0.05) is 24.3 Å². The Morgan fingerprint density at radius 2 is 1.78 bits per heavy atom. The first kappa shape index (κ1) is 25.1. The number of aromatic hydroxyl groups is 1. The average Bonchev–Trinajstić information content (AvgIpc) is 2.85. The van der Waals surface area contributed by atoms with E-state index in [2.05, 4.69) is 4.90 Å². The van der Waals surface area contributed by atoms with E-state index in [-0.39, 0.29) is 18.3 Å². The first-order chi connectivity index (χ1) is 17.7. The van der Waals surface area contributed by atoms with Crippen LogP contribution in [-0.4, -0.2) is 42.9 Å². The van der Waals surface area contributed by atoms with Crippen molar-refractivity contribution in [1.82, 2.24) is 4.90 Å². The quantitative estimate of drug-likeness (QED) is 0.355. The number of hydrogen-bond donors (Lipinski definition) is 1. The van der Waals surface area contributed by atoms with E-state index in [1.165, 1.54) is 12.1 Å². The lowest BCUT2D eigenvalue weighted by atomic mass is 9.85. The molecule has 3 aromatic carbocycles. The lowest BCUT2D eigenvalue weighted by molar-refractivity contribution is -0.137. The van der Waals surface area contributed by atoms with E-state index in [1.54, 1.807) is 18.2 Å². The first-order valence-corrected chi connectivity index (χ1v) is 12.1. The van der Waals surface area contributed by atoms with Gasteiger partial charge in [-0.15, -0.1) is 0 Å². The monoisotopic (exact) mass is 513 g/mol. The molecule has 5 rings (SSSR count). The number of phenols is 1. The Labute approximate surface area is 212 Å². The van der Waals surface area contributed by atoms with Crippen LogP contribution in [0.2, 0.25) is 0 Å². The normalized spacial score (nSPS) is 18.2. The van der Waals surface area contributed by atoms with E-state index in [1.807, 2.05) is 31.2 Å². The number of rotatable bonds is 7. The van der Waals surface area contributed by atoms with Crippen molar-refractivity contribution >= 4 is 11.1 Å². The van der Waals surface area contributed by atoms with Gasteiger partial charge in [0.2, 0.25) is 0 Å². The number of ether oxygens (including phenoxy) is 2. The summed E-state index contributed by atoms with van der Waals surface area (Å²) in [6, 6.07) is 17.2. The van der Waals surface area contributed by atoms with Crippen LogP contribution < -0.4 is 9.47 Å². The molecule has 0 bridgehead atoms. The molecule has 2 heterocycles. The van der Waals surface area contributed by atoms with Gasteiger partial charge in [0.15, 0.2) is 0 Å². The molecule has 1 N–H and O–H groups in total. The van der Waals surface area contributed by atoms with Crippen LogP contribution in [0.5, 0.6) is 17.2 Å². The summed E-state index contributed by atoms with van der Waals surface area (Å²) in [5.41, 5.74) is 2.36. The summed E-state index contributed by atoms with van der Waals surface area (Å²) < 4.78 is 65.2. The highest BCUT2D eigenvalue weighted by Gasteiger charge is 2.34. The fourth-order valence-electron chi connectivity index (χ4n) is 4.90. The summed E-state index contributed by atoms with van der Waals surface area (Å²) in [4.78, 5) is 2.14. The Balaban J connectivity index is 1.42. The smallest absolute Gasteiger partial charge is 0.416 e. The van der Waals surface area contributed by atoms with Crippen molar-refractivity contribution in [3.05, 3.63) is 89.0 Å². The van der Waals surface area contributed by atoms with Gasteiger partial charge in [-0.05, 0) is 66.1 Å². The molecule has 2 aliphatic rings. The van der Waals surface area contributed by atoms with Crippen LogP contribution in [-0.2, 0) is 6.18 Å². The molecule has 2 aliphatic heterocycles. The SMILES string of the molecule is CC1=C(c2cccc(C(F)(F)F)c2)[C@H](c2ccc(OCCN3CC(CF)C3)cc2)Oc2ccc(O)cc21. The highest BCUT2D eigenvalue weighted by Crippen LogP contribution is 2.48. The summed E-state index contributed by atoms with van der Waals surface area (Å²) >= 11 is 0. The topological polar surface area (TPSA) is 41.9 Å². The minimum Gasteiger partial charge on any atom is -0.508 e. The molecule has 0 aromatic heterocycles. The predicted molar refractivity (Wildman–Crippen MR) is 133 cm³/mol. The van der Waals surface area contributed by atoms with Crippen molar-refractivity contribution < 1.29 is 32.1 Å². The molecule has 4 nitrogen and oxygen atoms in total. The van der Waals surface area contributed by atoms with Gasteiger partial charge >= 0.3 is 6.18 Å². The number of nitrogens with zero attached hydrogens (tertiary/aromatic N) is 1. The maximum Gasteiger partial charge on any atom is 0.416 e. The number of alkyl halides is 4. The van der Waals surface area contributed by atoms with Gasteiger partial charge in [-0.2, -0.15) is 13.2 Å². The van der Waals surface area contributed by atoms with Crippen molar-refractivity contribution in [1.29, 1.82) is 0 Å².